The molecular formula is C15H25FN2. The van der Waals surface area contributed by atoms with Crippen molar-refractivity contribution in [3.8, 4) is 0 Å². The molecule has 0 spiro atoms. The van der Waals surface area contributed by atoms with Crippen LogP contribution in [0, 0.1) is 11.7 Å². The second-order valence-electron chi connectivity index (χ2n) is 5.19. The van der Waals surface area contributed by atoms with Crippen LogP contribution in [0.5, 0.6) is 0 Å². The summed E-state index contributed by atoms with van der Waals surface area (Å²) in [6, 6.07) is 5.32. The summed E-state index contributed by atoms with van der Waals surface area (Å²) in [7, 11) is 1.95. The summed E-state index contributed by atoms with van der Waals surface area (Å²) in [5.74, 6) is 0.477. The van der Waals surface area contributed by atoms with Gasteiger partial charge in [0.2, 0.25) is 0 Å². The van der Waals surface area contributed by atoms with Gasteiger partial charge in [0.1, 0.15) is 5.82 Å². The molecule has 0 saturated carbocycles. The Hall–Kier alpha value is -1.09. The number of halogens is 1. The zero-order chi connectivity index (χ0) is 13.5. The van der Waals surface area contributed by atoms with Crippen LogP contribution in [0.1, 0.15) is 32.8 Å². The molecule has 0 bridgehead atoms. The number of hydrogen-bond donors (Lipinski definition) is 1. The molecule has 0 atom stereocenters. The second-order valence-corrected chi connectivity index (χ2v) is 5.19. The number of rotatable bonds is 7. The SMILES string of the molecule is CCCN(C)c1c(F)cccc1CNCC(C)C. The molecule has 0 saturated heterocycles. The normalized spacial score (nSPS) is 11.0. The lowest BCUT2D eigenvalue weighted by molar-refractivity contribution is 0.549. The fourth-order valence-corrected chi connectivity index (χ4v) is 2.07. The van der Waals surface area contributed by atoms with E-state index in [-0.39, 0.29) is 5.82 Å². The zero-order valence-corrected chi connectivity index (χ0v) is 12.0. The van der Waals surface area contributed by atoms with E-state index in [9.17, 15) is 4.39 Å². The number of nitrogens with zero attached hydrogens (tertiary/aromatic N) is 1. The molecule has 1 rings (SSSR count). The van der Waals surface area contributed by atoms with Gasteiger partial charge in [-0.15, -0.1) is 0 Å². The highest BCUT2D eigenvalue weighted by atomic mass is 19.1. The molecule has 3 heteroatoms. The predicted octanol–water partition coefficient (Wildman–Crippen LogP) is 3.42. The molecule has 102 valence electrons. The van der Waals surface area contributed by atoms with Crippen LogP contribution < -0.4 is 10.2 Å². The lowest BCUT2D eigenvalue weighted by Gasteiger charge is -2.23. The van der Waals surface area contributed by atoms with Crippen molar-refractivity contribution in [3.63, 3.8) is 0 Å². The van der Waals surface area contributed by atoms with Crippen molar-refractivity contribution in [2.75, 3.05) is 25.0 Å². The number of benzene rings is 1. The number of nitrogens with one attached hydrogen (secondary N) is 1. The van der Waals surface area contributed by atoms with Crippen LogP contribution in [0.2, 0.25) is 0 Å². The quantitative estimate of drug-likeness (QED) is 0.800. The summed E-state index contributed by atoms with van der Waals surface area (Å²) < 4.78 is 13.9. The monoisotopic (exact) mass is 252 g/mol. The van der Waals surface area contributed by atoms with Gasteiger partial charge < -0.3 is 10.2 Å². The van der Waals surface area contributed by atoms with Crippen molar-refractivity contribution in [1.29, 1.82) is 0 Å². The molecule has 18 heavy (non-hydrogen) atoms. The fraction of sp³-hybridized carbons (Fsp3) is 0.600. The van der Waals surface area contributed by atoms with Crippen LogP contribution in [0.4, 0.5) is 10.1 Å². The molecule has 0 fully saturated rings. The Bertz CT molecular complexity index is 364. The molecule has 1 N–H and O–H groups in total. The van der Waals surface area contributed by atoms with Gasteiger partial charge in [0.15, 0.2) is 0 Å². The molecule has 1 aromatic carbocycles. The summed E-state index contributed by atoms with van der Waals surface area (Å²) in [4.78, 5) is 2.00. The maximum atomic E-state index is 13.9. The van der Waals surface area contributed by atoms with Crippen LogP contribution in [0.15, 0.2) is 18.2 Å². The summed E-state index contributed by atoms with van der Waals surface area (Å²) in [5, 5.41) is 3.37. The van der Waals surface area contributed by atoms with Gasteiger partial charge in [-0.25, -0.2) is 4.39 Å². The first kappa shape index (κ1) is 15.0. The molecule has 0 aromatic heterocycles. The number of para-hydroxylation sites is 1. The van der Waals surface area contributed by atoms with Crippen molar-refractivity contribution in [1.82, 2.24) is 5.32 Å². The summed E-state index contributed by atoms with van der Waals surface area (Å²) in [5.41, 5.74) is 1.77. The topological polar surface area (TPSA) is 15.3 Å². The number of anilines is 1. The van der Waals surface area contributed by atoms with Gasteiger partial charge in [-0.1, -0.05) is 32.9 Å². The van der Waals surface area contributed by atoms with Crippen LogP contribution in [-0.2, 0) is 6.54 Å². The predicted molar refractivity (Wildman–Crippen MR) is 76.5 cm³/mol. The van der Waals surface area contributed by atoms with Crippen molar-refractivity contribution in [2.45, 2.75) is 33.7 Å². The van der Waals surface area contributed by atoms with Crippen molar-refractivity contribution < 1.29 is 4.39 Å². The molecule has 0 amide bonds. The van der Waals surface area contributed by atoms with E-state index in [1.807, 2.05) is 18.0 Å². The molecule has 0 aliphatic carbocycles. The highest BCUT2D eigenvalue weighted by Crippen LogP contribution is 2.23. The third-order valence-electron chi connectivity index (χ3n) is 2.88. The average molecular weight is 252 g/mol. The minimum atomic E-state index is -0.130. The smallest absolute Gasteiger partial charge is 0.146 e. The third kappa shape index (κ3) is 4.30. The molecule has 0 unspecified atom stereocenters. The molecule has 2 nitrogen and oxygen atoms in total. The Balaban J connectivity index is 2.79. The van der Waals surface area contributed by atoms with Gasteiger partial charge in [-0.2, -0.15) is 0 Å². The first-order valence-electron chi connectivity index (χ1n) is 6.75. The van der Waals surface area contributed by atoms with E-state index in [1.165, 1.54) is 6.07 Å². The van der Waals surface area contributed by atoms with E-state index >= 15 is 0 Å². The third-order valence-corrected chi connectivity index (χ3v) is 2.88. The minimum absolute atomic E-state index is 0.130. The Morgan fingerprint density at radius 2 is 2.06 bits per heavy atom. The van der Waals surface area contributed by atoms with Gasteiger partial charge in [0, 0.05) is 20.1 Å². The lowest BCUT2D eigenvalue weighted by Crippen LogP contribution is -2.24. The minimum Gasteiger partial charge on any atom is -0.372 e. The van der Waals surface area contributed by atoms with Crippen LogP contribution in [0.25, 0.3) is 0 Å². The van der Waals surface area contributed by atoms with E-state index in [4.69, 9.17) is 0 Å². The zero-order valence-electron chi connectivity index (χ0n) is 12.0. The fourth-order valence-electron chi connectivity index (χ4n) is 2.07. The summed E-state index contributed by atoms with van der Waals surface area (Å²) in [6.07, 6.45) is 1.02. The Labute approximate surface area is 110 Å². The highest BCUT2D eigenvalue weighted by Gasteiger charge is 2.12. The van der Waals surface area contributed by atoms with E-state index in [1.54, 1.807) is 6.07 Å². The first-order valence-corrected chi connectivity index (χ1v) is 6.75. The van der Waals surface area contributed by atoms with E-state index in [0.717, 1.165) is 37.3 Å². The molecule has 0 aliphatic heterocycles. The van der Waals surface area contributed by atoms with Crippen molar-refractivity contribution in [3.05, 3.63) is 29.6 Å². The molecular weight excluding hydrogens is 227 g/mol. The second kappa shape index (κ2) is 7.37. The van der Waals surface area contributed by atoms with E-state index < -0.39 is 0 Å². The molecule has 0 heterocycles. The first-order chi connectivity index (χ1) is 8.56. The largest absolute Gasteiger partial charge is 0.372 e. The summed E-state index contributed by atoms with van der Waals surface area (Å²) in [6.45, 7) is 8.99. The molecule has 0 radical (unpaired) electrons. The van der Waals surface area contributed by atoms with E-state index in [0.29, 0.717) is 5.92 Å². The van der Waals surface area contributed by atoms with Crippen LogP contribution >= 0.6 is 0 Å². The molecule has 1 aromatic rings. The van der Waals surface area contributed by atoms with Gasteiger partial charge >= 0.3 is 0 Å². The Morgan fingerprint density at radius 1 is 1.33 bits per heavy atom. The van der Waals surface area contributed by atoms with Crippen LogP contribution in [-0.4, -0.2) is 20.1 Å². The molecule has 0 aliphatic rings. The van der Waals surface area contributed by atoms with Crippen molar-refractivity contribution >= 4 is 5.69 Å². The average Bonchev–Trinajstić information content (AvgIpc) is 2.28. The van der Waals surface area contributed by atoms with Gasteiger partial charge in [0.05, 0.1) is 5.69 Å². The Morgan fingerprint density at radius 3 is 2.67 bits per heavy atom. The standard InChI is InChI=1S/C15H25FN2/c1-5-9-18(4)15-13(7-6-8-14(15)16)11-17-10-12(2)3/h6-8,12,17H,5,9-11H2,1-4H3. The van der Waals surface area contributed by atoms with Gasteiger partial charge in [-0.05, 0) is 30.5 Å². The van der Waals surface area contributed by atoms with Crippen molar-refractivity contribution in [2.24, 2.45) is 5.92 Å². The lowest BCUT2D eigenvalue weighted by atomic mass is 10.1. The van der Waals surface area contributed by atoms with Gasteiger partial charge in [-0.3, -0.25) is 0 Å². The van der Waals surface area contributed by atoms with E-state index in [2.05, 4.69) is 26.1 Å². The van der Waals surface area contributed by atoms with Crippen LogP contribution in [0.3, 0.4) is 0 Å². The maximum absolute atomic E-state index is 13.9. The van der Waals surface area contributed by atoms with Gasteiger partial charge in [0.25, 0.3) is 0 Å². The number of hydrogen-bond acceptors (Lipinski definition) is 2. The summed E-state index contributed by atoms with van der Waals surface area (Å²) >= 11 is 0. The Kier molecular flexibility index (Phi) is 6.13. The highest BCUT2D eigenvalue weighted by molar-refractivity contribution is 5.54. The maximum Gasteiger partial charge on any atom is 0.146 e.